The van der Waals surface area contributed by atoms with Crippen molar-refractivity contribution in [1.29, 1.82) is 0 Å². The highest BCUT2D eigenvalue weighted by molar-refractivity contribution is 5.97. The van der Waals surface area contributed by atoms with Crippen LogP contribution in [0.15, 0.2) is 6.20 Å². The number of nitrogens with zero attached hydrogens (tertiary/aromatic N) is 1. The SMILES string of the molecule is CC[C@H](NC(=O)c1cn[nH]c1C)C(=O)OC. The Hall–Kier alpha value is -1.85. The number of H-pyrrole nitrogens is 1. The summed E-state index contributed by atoms with van der Waals surface area (Å²) in [7, 11) is 1.29. The number of rotatable bonds is 4. The fourth-order valence-electron chi connectivity index (χ4n) is 1.29. The Bertz CT molecular complexity index is 386. The minimum atomic E-state index is -0.619. The molecule has 1 aromatic rings. The lowest BCUT2D eigenvalue weighted by atomic mass is 10.2. The Morgan fingerprint density at radius 1 is 1.62 bits per heavy atom. The largest absolute Gasteiger partial charge is 0.467 e. The zero-order valence-corrected chi connectivity index (χ0v) is 9.53. The molecule has 2 N–H and O–H groups in total. The predicted octanol–water partition coefficient (Wildman–Crippen LogP) is 0.400. The summed E-state index contributed by atoms with van der Waals surface area (Å²) in [5, 5.41) is 8.98. The van der Waals surface area contributed by atoms with E-state index in [1.54, 1.807) is 13.8 Å². The van der Waals surface area contributed by atoms with Gasteiger partial charge in [0, 0.05) is 5.69 Å². The first kappa shape index (κ1) is 12.2. The molecular weight excluding hydrogens is 210 g/mol. The first-order chi connectivity index (χ1) is 7.60. The number of aromatic nitrogens is 2. The molecule has 0 aliphatic carbocycles. The van der Waals surface area contributed by atoms with Gasteiger partial charge in [0.1, 0.15) is 6.04 Å². The van der Waals surface area contributed by atoms with Crippen LogP contribution in [0.3, 0.4) is 0 Å². The van der Waals surface area contributed by atoms with E-state index in [4.69, 9.17) is 0 Å². The second kappa shape index (κ2) is 5.29. The van der Waals surface area contributed by atoms with Crippen molar-refractivity contribution in [3.05, 3.63) is 17.5 Å². The van der Waals surface area contributed by atoms with E-state index >= 15 is 0 Å². The molecule has 0 spiro atoms. The number of carbonyl (C=O) groups excluding carboxylic acids is 2. The molecule has 0 aliphatic heterocycles. The molecule has 0 fully saturated rings. The van der Waals surface area contributed by atoms with Gasteiger partial charge < -0.3 is 10.1 Å². The normalized spacial score (nSPS) is 11.9. The third kappa shape index (κ3) is 2.59. The van der Waals surface area contributed by atoms with Crippen molar-refractivity contribution in [3.63, 3.8) is 0 Å². The van der Waals surface area contributed by atoms with Gasteiger partial charge in [-0.25, -0.2) is 4.79 Å². The van der Waals surface area contributed by atoms with E-state index in [2.05, 4.69) is 20.3 Å². The van der Waals surface area contributed by atoms with Gasteiger partial charge >= 0.3 is 5.97 Å². The molecule has 0 saturated heterocycles. The van der Waals surface area contributed by atoms with E-state index in [-0.39, 0.29) is 5.91 Å². The molecule has 0 aromatic carbocycles. The Morgan fingerprint density at radius 3 is 2.75 bits per heavy atom. The molecule has 88 valence electrons. The molecule has 6 nitrogen and oxygen atoms in total. The summed E-state index contributed by atoms with van der Waals surface area (Å²) < 4.78 is 4.57. The number of ether oxygens (including phenoxy) is 1. The van der Waals surface area contributed by atoms with E-state index in [0.717, 1.165) is 0 Å². The van der Waals surface area contributed by atoms with Gasteiger partial charge in [-0.3, -0.25) is 9.89 Å². The zero-order chi connectivity index (χ0) is 12.1. The summed E-state index contributed by atoms with van der Waals surface area (Å²) in [6, 6.07) is -0.619. The van der Waals surface area contributed by atoms with Crippen molar-refractivity contribution in [2.24, 2.45) is 0 Å². The molecule has 1 amide bonds. The molecule has 0 bridgehead atoms. The average Bonchev–Trinajstić information content (AvgIpc) is 2.71. The fourth-order valence-corrected chi connectivity index (χ4v) is 1.29. The lowest BCUT2D eigenvalue weighted by Crippen LogP contribution is -2.41. The molecule has 16 heavy (non-hydrogen) atoms. The molecule has 1 atom stereocenters. The smallest absolute Gasteiger partial charge is 0.328 e. The van der Waals surface area contributed by atoms with Crippen LogP contribution >= 0.6 is 0 Å². The van der Waals surface area contributed by atoms with Crippen LogP contribution in [0.4, 0.5) is 0 Å². The fraction of sp³-hybridized carbons (Fsp3) is 0.500. The summed E-state index contributed by atoms with van der Waals surface area (Å²) in [6.07, 6.45) is 1.91. The highest BCUT2D eigenvalue weighted by Gasteiger charge is 2.21. The minimum absolute atomic E-state index is 0.330. The minimum Gasteiger partial charge on any atom is -0.467 e. The number of amides is 1. The van der Waals surface area contributed by atoms with Gasteiger partial charge in [-0.05, 0) is 13.3 Å². The van der Waals surface area contributed by atoms with E-state index in [9.17, 15) is 9.59 Å². The highest BCUT2D eigenvalue weighted by atomic mass is 16.5. The zero-order valence-electron chi connectivity index (χ0n) is 9.53. The van der Waals surface area contributed by atoms with Crippen molar-refractivity contribution < 1.29 is 14.3 Å². The van der Waals surface area contributed by atoms with Crippen molar-refractivity contribution in [1.82, 2.24) is 15.5 Å². The van der Waals surface area contributed by atoms with Crippen LogP contribution in [0.2, 0.25) is 0 Å². The van der Waals surface area contributed by atoms with Crippen LogP contribution in [-0.4, -0.2) is 35.2 Å². The Labute approximate surface area is 93.4 Å². The van der Waals surface area contributed by atoms with Crippen LogP contribution in [0.25, 0.3) is 0 Å². The van der Waals surface area contributed by atoms with Crippen molar-refractivity contribution in [2.75, 3.05) is 7.11 Å². The standard InChI is InChI=1S/C10H15N3O3/c1-4-8(10(15)16-3)12-9(14)7-5-11-13-6(7)2/h5,8H,4H2,1-3H3,(H,11,13)(H,12,14)/t8-/m0/s1. The van der Waals surface area contributed by atoms with E-state index < -0.39 is 12.0 Å². The molecule has 1 rings (SSSR count). The molecule has 6 heteroatoms. The maximum Gasteiger partial charge on any atom is 0.328 e. The lowest BCUT2D eigenvalue weighted by molar-refractivity contribution is -0.142. The monoisotopic (exact) mass is 225 g/mol. The predicted molar refractivity (Wildman–Crippen MR) is 56.9 cm³/mol. The maximum atomic E-state index is 11.7. The van der Waals surface area contributed by atoms with Crippen molar-refractivity contribution in [3.8, 4) is 0 Å². The first-order valence-corrected chi connectivity index (χ1v) is 4.98. The number of carbonyl (C=O) groups is 2. The number of methoxy groups -OCH3 is 1. The Kier molecular flexibility index (Phi) is 4.04. The van der Waals surface area contributed by atoms with Gasteiger partial charge in [0.15, 0.2) is 0 Å². The quantitative estimate of drug-likeness (QED) is 0.726. The van der Waals surface area contributed by atoms with Crippen LogP contribution in [-0.2, 0) is 9.53 Å². The number of esters is 1. The van der Waals surface area contributed by atoms with E-state index in [0.29, 0.717) is 17.7 Å². The molecule has 0 saturated carbocycles. The summed E-state index contributed by atoms with van der Waals surface area (Å²) in [4.78, 5) is 23.0. The second-order valence-corrected chi connectivity index (χ2v) is 3.37. The van der Waals surface area contributed by atoms with E-state index in [1.165, 1.54) is 13.3 Å². The third-order valence-electron chi connectivity index (χ3n) is 2.27. The average molecular weight is 225 g/mol. The van der Waals surface area contributed by atoms with Crippen LogP contribution < -0.4 is 5.32 Å². The van der Waals surface area contributed by atoms with Gasteiger partial charge in [0.05, 0.1) is 18.9 Å². The Morgan fingerprint density at radius 2 is 2.31 bits per heavy atom. The van der Waals surface area contributed by atoms with Crippen molar-refractivity contribution in [2.45, 2.75) is 26.3 Å². The number of hydrogen-bond acceptors (Lipinski definition) is 4. The number of hydrogen-bond donors (Lipinski definition) is 2. The molecule has 0 radical (unpaired) electrons. The molecular formula is C10H15N3O3. The number of nitrogens with one attached hydrogen (secondary N) is 2. The summed E-state index contributed by atoms with van der Waals surface area (Å²) in [5.41, 5.74) is 1.10. The molecule has 0 unspecified atom stereocenters. The van der Waals surface area contributed by atoms with E-state index in [1.807, 2.05) is 0 Å². The summed E-state index contributed by atoms with van der Waals surface area (Å²) >= 11 is 0. The van der Waals surface area contributed by atoms with Gasteiger partial charge in [-0.15, -0.1) is 0 Å². The lowest BCUT2D eigenvalue weighted by Gasteiger charge is -2.13. The van der Waals surface area contributed by atoms with Crippen LogP contribution in [0, 0.1) is 6.92 Å². The summed E-state index contributed by atoms with van der Waals surface area (Å²) in [6.45, 7) is 3.53. The number of aromatic amines is 1. The molecule has 0 aliphatic rings. The summed E-state index contributed by atoms with van der Waals surface area (Å²) in [5.74, 6) is -0.777. The van der Waals surface area contributed by atoms with Gasteiger partial charge in [0.25, 0.3) is 5.91 Å². The molecule has 1 heterocycles. The highest BCUT2D eigenvalue weighted by Crippen LogP contribution is 2.04. The van der Waals surface area contributed by atoms with Crippen LogP contribution in [0.1, 0.15) is 29.4 Å². The number of aryl methyl sites for hydroxylation is 1. The second-order valence-electron chi connectivity index (χ2n) is 3.37. The third-order valence-corrected chi connectivity index (χ3v) is 2.27. The van der Waals surface area contributed by atoms with Gasteiger partial charge in [0.2, 0.25) is 0 Å². The first-order valence-electron chi connectivity index (χ1n) is 4.98. The van der Waals surface area contributed by atoms with Gasteiger partial charge in [-0.1, -0.05) is 6.92 Å². The maximum absolute atomic E-state index is 11.7. The van der Waals surface area contributed by atoms with Gasteiger partial charge in [-0.2, -0.15) is 5.10 Å². The van der Waals surface area contributed by atoms with Crippen molar-refractivity contribution >= 4 is 11.9 Å². The topological polar surface area (TPSA) is 84.1 Å². The van der Waals surface area contributed by atoms with Crippen LogP contribution in [0.5, 0.6) is 0 Å². The molecule has 1 aromatic heterocycles. The Balaban J connectivity index is 2.70.